The first-order valence-electron chi connectivity index (χ1n) is 8.10. The normalized spacial score (nSPS) is 14.2. The molecule has 24 heavy (non-hydrogen) atoms. The van der Waals surface area contributed by atoms with Crippen molar-refractivity contribution in [3.05, 3.63) is 61.7 Å². The molecule has 1 aromatic heterocycles. The van der Waals surface area contributed by atoms with Crippen molar-refractivity contribution in [3.63, 3.8) is 0 Å². The number of fused-ring (bicyclic) bond motifs is 1. The van der Waals surface area contributed by atoms with Crippen LogP contribution in [0.3, 0.4) is 0 Å². The van der Waals surface area contributed by atoms with E-state index in [1.165, 1.54) is 15.7 Å². The molecule has 0 spiro atoms. The number of aryl methyl sites for hydroxylation is 1. The van der Waals surface area contributed by atoms with E-state index in [9.17, 15) is 14.9 Å². The fourth-order valence-electron chi connectivity index (χ4n) is 3.27. The van der Waals surface area contributed by atoms with E-state index >= 15 is 0 Å². The second-order valence-electron chi connectivity index (χ2n) is 5.89. The average Bonchev–Trinajstić information content (AvgIpc) is 2.76. The lowest BCUT2D eigenvalue weighted by Crippen LogP contribution is -2.33. The molecule has 3 rings (SSSR count). The number of anilines is 1. The lowest BCUT2D eigenvalue weighted by Gasteiger charge is -2.22. The Bertz CT molecular complexity index is 817. The highest BCUT2D eigenvalue weighted by atomic mass is 16.6. The number of nitrogens with zero attached hydrogens (tertiary/aromatic N) is 4. The van der Waals surface area contributed by atoms with Crippen molar-refractivity contribution in [2.24, 2.45) is 0 Å². The first-order chi connectivity index (χ1) is 11.5. The highest BCUT2D eigenvalue weighted by Crippen LogP contribution is 2.25. The van der Waals surface area contributed by atoms with Crippen molar-refractivity contribution < 1.29 is 4.92 Å². The van der Waals surface area contributed by atoms with Crippen LogP contribution in [-0.4, -0.2) is 27.6 Å². The number of nitro groups is 1. The SMILES string of the molecule is CCn1c(C)nc(N2CCc3ccccc3CC2)c([N+](=O)[O-])c1=O. The van der Waals surface area contributed by atoms with Crippen LogP contribution < -0.4 is 10.5 Å². The summed E-state index contributed by atoms with van der Waals surface area (Å²) in [5, 5.41) is 11.5. The minimum atomic E-state index is -0.603. The van der Waals surface area contributed by atoms with Crippen LogP contribution in [-0.2, 0) is 19.4 Å². The Morgan fingerprint density at radius 2 is 1.79 bits per heavy atom. The van der Waals surface area contributed by atoms with E-state index in [4.69, 9.17) is 0 Å². The second-order valence-corrected chi connectivity index (χ2v) is 5.89. The predicted molar refractivity (Wildman–Crippen MR) is 91.6 cm³/mol. The van der Waals surface area contributed by atoms with Crippen molar-refractivity contribution >= 4 is 11.5 Å². The molecule has 2 aromatic rings. The molecule has 0 N–H and O–H groups in total. The molecule has 7 heteroatoms. The Morgan fingerprint density at radius 1 is 1.21 bits per heavy atom. The Morgan fingerprint density at radius 3 is 2.29 bits per heavy atom. The molecule has 1 aromatic carbocycles. The van der Waals surface area contributed by atoms with Gasteiger partial charge in [0.1, 0.15) is 5.82 Å². The summed E-state index contributed by atoms with van der Waals surface area (Å²) in [7, 11) is 0. The lowest BCUT2D eigenvalue weighted by molar-refractivity contribution is -0.386. The van der Waals surface area contributed by atoms with Crippen molar-refractivity contribution in [2.75, 3.05) is 18.0 Å². The van der Waals surface area contributed by atoms with Gasteiger partial charge < -0.3 is 4.90 Å². The number of rotatable bonds is 3. The van der Waals surface area contributed by atoms with Crippen LogP contribution in [0.5, 0.6) is 0 Å². The van der Waals surface area contributed by atoms with Crippen LogP contribution in [0.1, 0.15) is 23.9 Å². The maximum atomic E-state index is 12.5. The van der Waals surface area contributed by atoms with Gasteiger partial charge in [0.2, 0.25) is 5.82 Å². The third kappa shape index (κ3) is 2.77. The summed E-state index contributed by atoms with van der Waals surface area (Å²) in [6.45, 7) is 5.08. The topological polar surface area (TPSA) is 81.3 Å². The summed E-state index contributed by atoms with van der Waals surface area (Å²) in [6.07, 6.45) is 1.57. The van der Waals surface area contributed by atoms with E-state index in [0.29, 0.717) is 25.5 Å². The zero-order chi connectivity index (χ0) is 17.3. The minimum Gasteiger partial charge on any atom is -0.350 e. The van der Waals surface area contributed by atoms with Gasteiger partial charge in [-0.1, -0.05) is 24.3 Å². The second kappa shape index (κ2) is 6.43. The third-order valence-electron chi connectivity index (χ3n) is 4.54. The zero-order valence-electron chi connectivity index (χ0n) is 13.9. The van der Waals surface area contributed by atoms with Crippen LogP contribution in [0.4, 0.5) is 11.5 Å². The highest BCUT2D eigenvalue weighted by Gasteiger charge is 2.29. The van der Waals surface area contributed by atoms with Gasteiger partial charge in [0.05, 0.1) is 4.92 Å². The quantitative estimate of drug-likeness (QED) is 0.636. The van der Waals surface area contributed by atoms with Gasteiger partial charge in [-0.15, -0.1) is 0 Å². The maximum Gasteiger partial charge on any atom is 0.376 e. The number of hydrogen-bond acceptors (Lipinski definition) is 5. The molecule has 1 aliphatic rings. The van der Waals surface area contributed by atoms with Gasteiger partial charge >= 0.3 is 11.2 Å². The monoisotopic (exact) mass is 328 g/mol. The van der Waals surface area contributed by atoms with Crippen molar-refractivity contribution in [1.29, 1.82) is 0 Å². The molecule has 126 valence electrons. The number of hydrogen-bond donors (Lipinski definition) is 0. The molecule has 1 aliphatic heterocycles. The molecule has 0 unspecified atom stereocenters. The Balaban J connectivity index is 2.04. The molecule has 7 nitrogen and oxygen atoms in total. The van der Waals surface area contributed by atoms with Gasteiger partial charge in [-0.05, 0) is 37.8 Å². The molecule has 0 aliphatic carbocycles. The first-order valence-corrected chi connectivity index (χ1v) is 8.10. The summed E-state index contributed by atoms with van der Waals surface area (Å²) in [6, 6.07) is 8.17. The molecule has 0 amide bonds. The van der Waals surface area contributed by atoms with Gasteiger partial charge in [0, 0.05) is 19.6 Å². The summed E-state index contributed by atoms with van der Waals surface area (Å²) < 4.78 is 1.34. The molecule has 0 radical (unpaired) electrons. The number of benzene rings is 1. The van der Waals surface area contributed by atoms with Crippen molar-refractivity contribution in [2.45, 2.75) is 33.2 Å². The summed E-state index contributed by atoms with van der Waals surface area (Å²) in [5.74, 6) is 0.699. The summed E-state index contributed by atoms with van der Waals surface area (Å²) >= 11 is 0. The van der Waals surface area contributed by atoms with E-state index in [1.807, 2.05) is 17.0 Å². The maximum absolute atomic E-state index is 12.5. The number of aromatic nitrogens is 2. The summed E-state index contributed by atoms with van der Waals surface area (Å²) in [4.78, 5) is 29.6. The van der Waals surface area contributed by atoms with Crippen LogP contribution in [0, 0.1) is 17.0 Å². The van der Waals surface area contributed by atoms with Crippen LogP contribution in [0.15, 0.2) is 29.1 Å². The zero-order valence-corrected chi connectivity index (χ0v) is 13.9. The van der Waals surface area contributed by atoms with Crippen LogP contribution in [0.2, 0.25) is 0 Å². The van der Waals surface area contributed by atoms with E-state index in [-0.39, 0.29) is 5.82 Å². The van der Waals surface area contributed by atoms with Crippen LogP contribution >= 0.6 is 0 Å². The van der Waals surface area contributed by atoms with E-state index < -0.39 is 16.2 Å². The molecule has 2 heterocycles. The minimum absolute atomic E-state index is 0.194. The van der Waals surface area contributed by atoms with Gasteiger partial charge in [-0.25, -0.2) is 4.98 Å². The molecular formula is C17H20N4O3. The van der Waals surface area contributed by atoms with Crippen molar-refractivity contribution in [3.8, 4) is 0 Å². The molecule has 0 fully saturated rings. The van der Waals surface area contributed by atoms with Crippen molar-refractivity contribution in [1.82, 2.24) is 9.55 Å². The standard InChI is InChI=1S/C17H20N4O3/c1-3-20-12(2)18-16(15(17(20)22)21(23)24)19-10-8-13-6-4-5-7-14(13)9-11-19/h4-7H,3,8-11H2,1-2H3. The first kappa shape index (κ1) is 16.2. The molecule has 0 atom stereocenters. The van der Waals surface area contributed by atoms with E-state index in [0.717, 1.165) is 12.8 Å². The Labute approximate surface area is 139 Å². The molecule has 0 bridgehead atoms. The fourth-order valence-corrected chi connectivity index (χ4v) is 3.27. The van der Waals surface area contributed by atoms with Gasteiger partial charge in [-0.3, -0.25) is 19.5 Å². The molecular weight excluding hydrogens is 308 g/mol. The third-order valence-corrected chi connectivity index (χ3v) is 4.54. The van der Waals surface area contributed by atoms with Gasteiger partial charge in [0.25, 0.3) is 0 Å². The van der Waals surface area contributed by atoms with Gasteiger partial charge in [-0.2, -0.15) is 0 Å². The van der Waals surface area contributed by atoms with Gasteiger partial charge in [0.15, 0.2) is 0 Å². The largest absolute Gasteiger partial charge is 0.376 e. The Kier molecular flexibility index (Phi) is 4.33. The Hall–Kier alpha value is -2.70. The lowest BCUT2D eigenvalue weighted by atomic mass is 10.0. The van der Waals surface area contributed by atoms with Crippen LogP contribution in [0.25, 0.3) is 0 Å². The smallest absolute Gasteiger partial charge is 0.350 e. The molecule has 0 saturated carbocycles. The van der Waals surface area contributed by atoms with E-state index in [1.54, 1.807) is 13.8 Å². The van der Waals surface area contributed by atoms with E-state index in [2.05, 4.69) is 17.1 Å². The predicted octanol–water partition coefficient (Wildman–Crippen LogP) is 2.09. The highest BCUT2D eigenvalue weighted by molar-refractivity contribution is 5.57. The fraction of sp³-hybridized carbons (Fsp3) is 0.412. The summed E-state index contributed by atoms with van der Waals surface area (Å²) in [5.41, 5.74) is 1.50. The average molecular weight is 328 g/mol. The molecule has 0 saturated heterocycles.